The molecular weight excluding hydrogens is 268 g/mol. The van der Waals surface area contributed by atoms with Crippen LogP contribution in [0.3, 0.4) is 0 Å². The Hall–Kier alpha value is -2.23. The van der Waals surface area contributed by atoms with Crippen LogP contribution in [0, 0.1) is 12.8 Å². The van der Waals surface area contributed by atoms with Gasteiger partial charge in [0.15, 0.2) is 11.6 Å². The summed E-state index contributed by atoms with van der Waals surface area (Å²) in [7, 11) is 0. The van der Waals surface area contributed by atoms with Gasteiger partial charge in [-0.3, -0.25) is 14.4 Å². The number of aryl methyl sites for hydroxylation is 1. The van der Waals surface area contributed by atoms with Crippen LogP contribution in [0.15, 0.2) is 36.4 Å². The highest BCUT2D eigenvalue weighted by Crippen LogP contribution is 2.20. The molecule has 0 unspecified atom stereocenters. The molecule has 0 fully saturated rings. The fourth-order valence-electron chi connectivity index (χ4n) is 1.88. The molecule has 0 N–H and O–H groups in total. The molecule has 0 radical (unpaired) electrons. The minimum absolute atomic E-state index is 0.105. The predicted molar refractivity (Wildman–Crippen MR) is 80.1 cm³/mol. The summed E-state index contributed by atoms with van der Waals surface area (Å²) < 4.78 is 4.93. The lowest BCUT2D eigenvalue weighted by Gasteiger charge is -2.15. The second-order valence-corrected chi connectivity index (χ2v) is 4.88. The maximum absolute atomic E-state index is 12.2. The minimum atomic E-state index is -0.920. The molecule has 1 aromatic rings. The van der Waals surface area contributed by atoms with E-state index in [4.69, 9.17) is 4.74 Å². The molecule has 1 rings (SSSR count). The van der Waals surface area contributed by atoms with Crippen molar-refractivity contribution in [3.63, 3.8) is 0 Å². The zero-order chi connectivity index (χ0) is 16.0. The summed E-state index contributed by atoms with van der Waals surface area (Å²) in [5.74, 6) is -2.03. The average Bonchev–Trinajstić information content (AvgIpc) is 2.44. The van der Waals surface area contributed by atoms with Crippen LogP contribution in [-0.2, 0) is 14.3 Å². The van der Waals surface area contributed by atoms with Gasteiger partial charge >= 0.3 is 5.97 Å². The van der Waals surface area contributed by atoms with Gasteiger partial charge in [0.1, 0.15) is 0 Å². The summed E-state index contributed by atoms with van der Waals surface area (Å²) in [5, 5.41) is 0. The number of esters is 1. The van der Waals surface area contributed by atoms with E-state index in [1.807, 2.05) is 19.1 Å². The Morgan fingerprint density at radius 3 is 2.24 bits per heavy atom. The SMILES string of the molecule is C=C(C(C)=O)[C@@H](CC(=O)c1ccc(C)cc1)C(=O)OCC. The normalized spacial score (nSPS) is 11.6. The fraction of sp³-hybridized carbons (Fsp3) is 0.353. The first kappa shape index (κ1) is 16.8. The van der Waals surface area contributed by atoms with Gasteiger partial charge in [-0.25, -0.2) is 0 Å². The minimum Gasteiger partial charge on any atom is -0.466 e. The van der Waals surface area contributed by atoms with Crippen molar-refractivity contribution in [2.45, 2.75) is 27.2 Å². The number of hydrogen-bond acceptors (Lipinski definition) is 4. The molecule has 4 nitrogen and oxygen atoms in total. The highest BCUT2D eigenvalue weighted by Gasteiger charge is 2.28. The van der Waals surface area contributed by atoms with Crippen molar-refractivity contribution >= 4 is 17.5 Å². The van der Waals surface area contributed by atoms with Crippen molar-refractivity contribution < 1.29 is 19.1 Å². The monoisotopic (exact) mass is 288 g/mol. The summed E-state index contributed by atoms with van der Waals surface area (Å²) in [6, 6.07) is 7.06. The molecule has 0 spiro atoms. The topological polar surface area (TPSA) is 60.4 Å². The van der Waals surface area contributed by atoms with E-state index in [-0.39, 0.29) is 30.2 Å². The van der Waals surface area contributed by atoms with E-state index in [0.717, 1.165) is 5.56 Å². The highest BCUT2D eigenvalue weighted by molar-refractivity contribution is 6.03. The molecule has 1 aromatic carbocycles. The largest absolute Gasteiger partial charge is 0.466 e. The van der Waals surface area contributed by atoms with Gasteiger partial charge in [-0.2, -0.15) is 0 Å². The van der Waals surface area contributed by atoms with Crippen LogP contribution in [0.5, 0.6) is 0 Å². The molecule has 112 valence electrons. The van der Waals surface area contributed by atoms with Crippen LogP contribution in [0.4, 0.5) is 0 Å². The van der Waals surface area contributed by atoms with Crippen LogP contribution < -0.4 is 0 Å². The van der Waals surface area contributed by atoms with Gasteiger partial charge in [0, 0.05) is 17.6 Å². The predicted octanol–water partition coefficient (Wildman–Crippen LogP) is 2.89. The number of carbonyl (C=O) groups excluding carboxylic acids is 3. The van der Waals surface area contributed by atoms with Crippen molar-refractivity contribution in [3.05, 3.63) is 47.5 Å². The Bertz CT molecular complexity index is 555. The molecule has 21 heavy (non-hydrogen) atoms. The molecule has 0 aliphatic rings. The standard InChI is InChI=1S/C17H20O4/c1-5-21-17(20)15(12(3)13(4)18)10-16(19)14-8-6-11(2)7-9-14/h6-9,15H,3,5,10H2,1-2,4H3/t15-/m1/s1. The first-order valence-electron chi connectivity index (χ1n) is 6.83. The number of carbonyl (C=O) groups is 3. The Kier molecular flexibility index (Phi) is 6.03. The molecular formula is C17H20O4. The van der Waals surface area contributed by atoms with Crippen molar-refractivity contribution in [3.8, 4) is 0 Å². The van der Waals surface area contributed by atoms with Crippen molar-refractivity contribution in [1.82, 2.24) is 0 Å². The Morgan fingerprint density at radius 1 is 1.19 bits per heavy atom. The maximum atomic E-state index is 12.2. The molecule has 0 aliphatic carbocycles. The second-order valence-electron chi connectivity index (χ2n) is 4.88. The summed E-state index contributed by atoms with van der Waals surface area (Å²) in [5.41, 5.74) is 1.65. The molecule has 0 heterocycles. The summed E-state index contributed by atoms with van der Waals surface area (Å²) in [4.78, 5) is 35.6. The average molecular weight is 288 g/mol. The molecule has 0 bridgehead atoms. The van der Waals surface area contributed by atoms with Gasteiger partial charge in [-0.05, 0) is 20.8 Å². The zero-order valence-electron chi connectivity index (χ0n) is 12.6. The van der Waals surface area contributed by atoms with Crippen molar-refractivity contribution in [2.24, 2.45) is 5.92 Å². The second kappa shape index (κ2) is 7.53. The van der Waals surface area contributed by atoms with Crippen LogP contribution in [0.2, 0.25) is 0 Å². The number of benzene rings is 1. The van der Waals surface area contributed by atoms with Crippen LogP contribution in [-0.4, -0.2) is 24.1 Å². The fourth-order valence-corrected chi connectivity index (χ4v) is 1.88. The van der Waals surface area contributed by atoms with Crippen molar-refractivity contribution in [1.29, 1.82) is 0 Å². The van der Waals surface area contributed by atoms with Crippen LogP contribution in [0.1, 0.15) is 36.2 Å². The van der Waals surface area contributed by atoms with Crippen LogP contribution >= 0.6 is 0 Å². The van der Waals surface area contributed by atoms with E-state index >= 15 is 0 Å². The molecule has 0 amide bonds. The molecule has 4 heteroatoms. The van der Waals surface area contributed by atoms with Gasteiger partial charge in [0.2, 0.25) is 0 Å². The number of ketones is 2. The molecule has 0 saturated heterocycles. The first-order chi connectivity index (χ1) is 9.86. The number of Topliss-reactive ketones (excluding diaryl/α,β-unsaturated/α-hetero) is 2. The maximum Gasteiger partial charge on any atom is 0.313 e. The van der Waals surface area contributed by atoms with Gasteiger partial charge in [-0.1, -0.05) is 36.4 Å². The Morgan fingerprint density at radius 2 is 1.76 bits per heavy atom. The van der Waals surface area contributed by atoms with E-state index in [1.165, 1.54) is 6.92 Å². The molecule has 0 aliphatic heterocycles. The molecule has 0 saturated carbocycles. The van der Waals surface area contributed by atoms with E-state index in [9.17, 15) is 14.4 Å². The molecule has 1 atom stereocenters. The van der Waals surface area contributed by atoms with Crippen LogP contribution in [0.25, 0.3) is 0 Å². The number of hydrogen-bond donors (Lipinski definition) is 0. The third kappa shape index (κ3) is 4.67. The quantitative estimate of drug-likeness (QED) is 0.440. The highest BCUT2D eigenvalue weighted by atomic mass is 16.5. The van der Waals surface area contributed by atoms with Crippen molar-refractivity contribution in [2.75, 3.05) is 6.61 Å². The Labute approximate surface area is 124 Å². The first-order valence-corrected chi connectivity index (χ1v) is 6.83. The lowest BCUT2D eigenvalue weighted by Crippen LogP contribution is -2.25. The lowest BCUT2D eigenvalue weighted by atomic mass is 9.90. The zero-order valence-corrected chi connectivity index (χ0v) is 12.6. The summed E-state index contributed by atoms with van der Waals surface area (Å²) in [6.45, 7) is 8.73. The van der Waals surface area contributed by atoms with E-state index < -0.39 is 11.9 Å². The smallest absolute Gasteiger partial charge is 0.313 e. The number of ether oxygens (including phenoxy) is 1. The van der Waals surface area contributed by atoms with E-state index in [2.05, 4.69) is 6.58 Å². The third-order valence-electron chi connectivity index (χ3n) is 3.21. The summed E-state index contributed by atoms with van der Waals surface area (Å²) >= 11 is 0. The van der Waals surface area contributed by atoms with E-state index in [0.29, 0.717) is 5.56 Å². The summed E-state index contributed by atoms with van der Waals surface area (Å²) in [6.07, 6.45) is -0.111. The lowest BCUT2D eigenvalue weighted by molar-refractivity contribution is -0.147. The number of rotatable bonds is 7. The van der Waals surface area contributed by atoms with Gasteiger partial charge in [0.25, 0.3) is 0 Å². The third-order valence-corrected chi connectivity index (χ3v) is 3.21. The van der Waals surface area contributed by atoms with Gasteiger partial charge < -0.3 is 4.74 Å². The Balaban J connectivity index is 2.92. The van der Waals surface area contributed by atoms with Gasteiger partial charge in [0.05, 0.1) is 12.5 Å². The van der Waals surface area contributed by atoms with Gasteiger partial charge in [-0.15, -0.1) is 0 Å². The molecule has 0 aromatic heterocycles. The van der Waals surface area contributed by atoms with E-state index in [1.54, 1.807) is 19.1 Å².